The second-order valence-electron chi connectivity index (χ2n) is 3.58. The van der Waals surface area contributed by atoms with Gasteiger partial charge in [0.2, 0.25) is 0 Å². The van der Waals surface area contributed by atoms with Crippen molar-refractivity contribution in [3.63, 3.8) is 0 Å². The molecular weight excluding hydrogens is 236 g/mol. The second-order valence-corrected chi connectivity index (χ2v) is 3.99. The number of ether oxygens (including phenoxy) is 2. The highest BCUT2D eigenvalue weighted by Gasteiger charge is 2.04. The fourth-order valence-corrected chi connectivity index (χ4v) is 1.82. The fourth-order valence-electron chi connectivity index (χ4n) is 1.62. The van der Waals surface area contributed by atoms with Gasteiger partial charge in [-0.2, -0.15) is 0 Å². The molecule has 2 aromatic carbocycles. The zero-order chi connectivity index (χ0) is 12.3. The Bertz CT molecular complexity index is 506. The highest BCUT2D eigenvalue weighted by molar-refractivity contribution is 6.32. The Hall–Kier alpha value is -1.67. The molecule has 0 saturated carbocycles. The van der Waals surface area contributed by atoms with E-state index in [0.29, 0.717) is 10.8 Å². The van der Waals surface area contributed by atoms with Crippen LogP contribution in [0.1, 0.15) is 0 Å². The molecule has 2 nitrogen and oxygen atoms in total. The largest absolute Gasteiger partial charge is 0.497 e. The van der Waals surface area contributed by atoms with E-state index in [1.807, 2.05) is 42.5 Å². The van der Waals surface area contributed by atoms with Crippen molar-refractivity contribution in [1.82, 2.24) is 0 Å². The molecule has 0 unspecified atom stereocenters. The molecule has 0 N–H and O–H groups in total. The number of halogens is 1. The van der Waals surface area contributed by atoms with E-state index in [1.165, 1.54) is 0 Å². The molecule has 0 aliphatic heterocycles. The molecule has 2 aromatic rings. The van der Waals surface area contributed by atoms with Crippen molar-refractivity contribution in [2.45, 2.75) is 0 Å². The number of benzene rings is 2. The van der Waals surface area contributed by atoms with Gasteiger partial charge in [-0.25, -0.2) is 0 Å². The van der Waals surface area contributed by atoms with Crippen LogP contribution in [-0.4, -0.2) is 14.2 Å². The monoisotopic (exact) mass is 248 g/mol. The smallest absolute Gasteiger partial charge is 0.138 e. The molecule has 0 radical (unpaired) electrons. The van der Waals surface area contributed by atoms with Gasteiger partial charge in [-0.05, 0) is 35.4 Å². The molecule has 0 heterocycles. The van der Waals surface area contributed by atoms with Gasteiger partial charge in [-0.3, -0.25) is 0 Å². The van der Waals surface area contributed by atoms with E-state index in [-0.39, 0.29) is 0 Å². The number of rotatable bonds is 3. The standard InChI is InChI=1S/C14H13ClO2/c1-16-12-6-3-10(4-7-12)11-5-8-13(15)14(9-11)17-2/h3-9H,1-2H3. The molecule has 0 aliphatic rings. The van der Waals surface area contributed by atoms with Gasteiger partial charge in [0.05, 0.1) is 19.2 Å². The van der Waals surface area contributed by atoms with Gasteiger partial charge in [0.15, 0.2) is 0 Å². The highest BCUT2D eigenvalue weighted by Crippen LogP contribution is 2.30. The van der Waals surface area contributed by atoms with E-state index in [4.69, 9.17) is 21.1 Å². The summed E-state index contributed by atoms with van der Waals surface area (Å²) in [5.41, 5.74) is 2.16. The summed E-state index contributed by atoms with van der Waals surface area (Å²) in [4.78, 5) is 0. The molecule has 0 spiro atoms. The van der Waals surface area contributed by atoms with Crippen LogP contribution in [-0.2, 0) is 0 Å². The molecular formula is C14H13ClO2. The molecule has 0 aliphatic carbocycles. The maximum absolute atomic E-state index is 5.99. The topological polar surface area (TPSA) is 18.5 Å². The van der Waals surface area contributed by atoms with Gasteiger partial charge in [-0.15, -0.1) is 0 Å². The Morgan fingerprint density at radius 3 is 2.06 bits per heavy atom. The molecule has 2 rings (SSSR count). The maximum Gasteiger partial charge on any atom is 0.138 e. The first kappa shape index (κ1) is 11.8. The van der Waals surface area contributed by atoms with Gasteiger partial charge in [-0.1, -0.05) is 29.8 Å². The van der Waals surface area contributed by atoms with Crippen molar-refractivity contribution < 1.29 is 9.47 Å². The summed E-state index contributed by atoms with van der Waals surface area (Å²) in [5, 5.41) is 0.616. The van der Waals surface area contributed by atoms with Crippen LogP contribution in [0.15, 0.2) is 42.5 Å². The summed E-state index contributed by atoms with van der Waals surface area (Å²) in [6.07, 6.45) is 0. The Morgan fingerprint density at radius 2 is 1.47 bits per heavy atom. The van der Waals surface area contributed by atoms with E-state index >= 15 is 0 Å². The van der Waals surface area contributed by atoms with Gasteiger partial charge in [0.25, 0.3) is 0 Å². The minimum Gasteiger partial charge on any atom is -0.497 e. The molecule has 88 valence electrons. The Balaban J connectivity index is 2.38. The SMILES string of the molecule is COc1ccc(-c2ccc(Cl)c(OC)c2)cc1. The lowest BCUT2D eigenvalue weighted by molar-refractivity contribution is 0.414. The first-order valence-electron chi connectivity index (χ1n) is 5.22. The maximum atomic E-state index is 5.99. The van der Waals surface area contributed by atoms with Crippen molar-refractivity contribution in [1.29, 1.82) is 0 Å². The first-order valence-corrected chi connectivity index (χ1v) is 5.60. The third-order valence-corrected chi connectivity index (χ3v) is 2.89. The minimum atomic E-state index is 0.616. The first-order chi connectivity index (χ1) is 8.24. The predicted molar refractivity (Wildman–Crippen MR) is 70.0 cm³/mol. The van der Waals surface area contributed by atoms with Crippen molar-refractivity contribution >= 4 is 11.6 Å². The molecule has 0 amide bonds. The van der Waals surface area contributed by atoms with Gasteiger partial charge < -0.3 is 9.47 Å². The zero-order valence-electron chi connectivity index (χ0n) is 9.74. The van der Waals surface area contributed by atoms with Crippen LogP contribution in [0.4, 0.5) is 0 Å². The predicted octanol–water partition coefficient (Wildman–Crippen LogP) is 4.02. The Kier molecular flexibility index (Phi) is 3.55. The second kappa shape index (κ2) is 5.11. The van der Waals surface area contributed by atoms with E-state index in [2.05, 4.69) is 0 Å². The van der Waals surface area contributed by atoms with Crippen LogP contribution < -0.4 is 9.47 Å². The van der Waals surface area contributed by atoms with Crippen LogP contribution in [0.5, 0.6) is 11.5 Å². The Labute approximate surface area is 106 Å². The van der Waals surface area contributed by atoms with Crippen LogP contribution in [0.3, 0.4) is 0 Å². The van der Waals surface area contributed by atoms with E-state index < -0.39 is 0 Å². The summed E-state index contributed by atoms with van der Waals surface area (Å²) in [6, 6.07) is 13.6. The van der Waals surface area contributed by atoms with Crippen molar-refractivity contribution in [2.75, 3.05) is 14.2 Å². The Morgan fingerprint density at radius 1 is 0.824 bits per heavy atom. The summed E-state index contributed by atoms with van der Waals surface area (Å²) in [7, 11) is 3.26. The van der Waals surface area contributed by atoms with Crippen LogP contribution in [0.25, 0.3) is 11.1 Å². The molecule has 0 aromatic heterocycles. The van der Waals surface area contributed by atoms with Crippen molar-refractivity contribution in [3.05, 3.63) is 47.5 Å². The lowest BCUT2D eigenvalue weighted by atomic mass is 10.1. The normalized spacial score (nSPS) is 10.1. The fraction of sp³-hybridized carbons (Fsp3) is 0.143. The van der Waals surface area contributed by atoms with E-state index in [0.717, 1.165) is 16.9 Å². The molecule has 0 fully saturated rings. The third-order valence-electron chi connectivity index (χ3n) is 2.57. The molecule has 0 saturated heterocycles. The van der Waals surface area contributed by atoms with Gasteiger partial charge in [0.1, 0.15) is 11.5 Å². The zero-order valence-corrected chi connectivity index (χ0v) is 10.5. The summed E-state index contributed by atoms with van der Waals surface area (Å²) in [5.74, 6) is 1.52. The van der Waals surface area contributed by atoms with Crippen LogP contribution in [0.2, 0.25) is 5.02 Å². The number of hydrogen-bond donors (Lipinski definition) is 0. The number of hydrogen-bond acceptors (Lipinski definition) is 2. The van der Waals surface area contributed by atoms with E-state index in [1.54, 1.807) is 14.2 Å². The van der Waals surface area contributed by atoms with Crippen LogP contribution in [0, 0.1) is 0 Å². The van der Waals surface area contributed by atoms with Crippen molar-refractivity contribution in [3.8, 4) is 22.6 Å². The minimum absolute atomic E-state index is 0.616. The molecule has 0 bridgehead atoms. The summed E-state index contributed by atoms with van der Waals surface area (Å²) in [6.45, 7) is 0. The van der Waals surface area contributed by atoms with Crippen LogP contribution >= 0.6 is 11.6 Å². The lowest BCUT2D eigenvalue weighted by Crippen LogP contribution is -1.86. The molecule has 3 heteroatoms. The summed E-state index contributed by atoms with van der Waals surface area (Å²) >= 11 is 5.99. The highest BCUT2D eigenvalue weighted by atomic mass is 35.5. The third kappa shape index (κ3) is 2.53. The number of methoxy groups -OCH3 is 2. The molecule has 17 heavy (non-hydrogen) atoms. The quantitative estimate of drug-likeness (QED) is 0.817. The lowest BCUT2D eigenvalue weighted by Gasteiger charge is -2.07. The average molecular weight is 249 g/mol. The van der Waals surface area contributed by atoms with Gasteiger partial charge in [0, 0.05) is 0 Å². The van der Waals surface area contributed by atoms with Crippen molar-refractivity contribution in [2.24, 2.45) is 0 Å². The van der Waals surface area contributed by atoms with Gasteiger partial charge >= 0.3 is 0 Å². The van der Waals surface area contributed by atoms with E-state index in [9.17, 15) is 0 Å². The summed E-state index contributed by atoms with van der Waals surface area (Å²) < 4.78 is 10.3. The molecule has 0 atom stereocenters. The average Bonchev–Trinajstić information content (AvgIpc) is 2.39.